The summed E-state index contributed by atoms with van der Waals surface area (Å²) in [5.41, 5.74) is 0.807. The van der Waals surface area contributed by atoms with Crippen molar-refractivity contribution in [3.8, 4) is 11.8 Å². The van der Waals surface area contributed by atoms with E-state index in [9.17, 15) is 23.6 Å². The number of alkyl halides is 1. The summed E-state index contributed by atoms with van der Waals surface area (Å²) < 4.78 is 45.6. The van der Waals surface area contributed by atoms with Crippen LogP contribution in [0.25, 0.3) is 5.69 Å². The molecule has 1 aromatic carbocycles. The lowest BCUT2D eigenvalue weighted by Gasteiger charge is -2.30. The number of benzene rings is 1. The van der Waals surface area contributed by atoms with E-state index in [1.807, 2.05) is 6.07 Å². The van der Waals surface area contributed by atoms with Crippen LogP contribution in [0, 0.1) is 29.9 Å². The Balaban J connectivity index is 2.14. The zero-order chi connectivity index (χ0) is 25.5. The summed E-state index contributed by atoms with van der Waals surface area (Å²) in [5.74, 6) is 3.69. The molecule has 0 saturated heterocycles. The van der Waals surface area contributed by atoms with Crippen molar-refractivity contribution in [2.24, 2.45) is 5.84 Å². The van der Waals surface area contributed by atoms with Gasteiger partial charge in [-0.25, -0.2) is 28.4 Å². The van der Waals surface area contributed by atoms with Gasteiger partial charge in [0.25, 0.3) is 5.56 Å². The van der Waals surface area contributed by atoms with Crippen molar-refractivity contribution in [3.05, 3.63) is 74.3 Å². The van der Waals surface area contributed by atoms with Crippen molar-refractivity contribution in [1.29, 1.82) is 5.26 Å². The number of rotatable bonds is 5. The van der Waals surface area contributed by atoms with Gasteiger partial charge in [-0.1, -0.05) is 0 Å². The third-order valence-corrected chi connectivity index (χ3v) is 6.06. The van der Waals surface area contributed by atoms with Gasteiger partial charge >= 0.3 is 5.69 Å². The topological polar surface area (TPSA) is 136 Å². The van der Waals surface area contributed by atoms with Crippen LogP contribution < -0.4 is 27.8 Å². The van der Waals surface area contributed by atoms with Gasteiger partial charge in [-0.15, -0.1) is 0 Å². The molecule has 0 unspecified atom stereocenters. The molecule has 0 aliphatic heterocycles. The lowest BCUT2D eigenvalue weighted by atomic mass is 9.97. The molecule has 4 N–H and O–H groups in total. The van der Waals surface area contributed by atoms with Crippen LogP contribution in [0.2, 0.25) is 0 Å². The number of nitriles is 1. The Hall–Kier alpha value is -4.11. The van der Waals surface area contributed by atoms with E-state index in [1.165, 1.54) is 18.5 Å². The third-order valence-electron chi connectivity index (χ3n) is 6.06. The smallest absolute Gasteiger partial charge is 0.337 e. The monoisotopic (exact) mass is 485 g/mol. The normalized spacial score (nSPS) is 14.6. The minimum atomic E-state index is -2.17. The summed E-state index contributed by atoms with van der Waals surface area (Å²) >= 11 is 0. The highest BCUT2D eigenvalue weighted by molar-refractivity contribution is 5.75. The van der Waals surface area contributed by atoms with E-state index in [4.69, 9.17) is 11.6 Å². The van der Waals surface area contributed by atoms with Gasteiger partial charge in [0.2, 0.25) is 0 Å². The standard InChI is InChI=1S/C23H22F3N7O2/c1-13-8-14(12-30-11-13)32-21(34)19(33(29)18-10-16(25)15(24)9-17(18)28)20(23(26)4-2-3-5-23)31(7-6-27)22(32)35/h8-12H,2-5,7,28-29H2,1H3. The fourth-order valence-electron chi connectivity index (χ4n) is 4.47. The van der Waals surface area contributed by atoms with E-state index in [-0.39, 0.29) is 29.9 Å². The number of aromatic nitrogens is 3. The van der Waals surface area contributed by atoms with Crippen LogP contribution in [0.4, 0.5) is 30.2 Å². The first-order chi connectivity index (χ1) is 16.6. The molecular weight excluding hydrogens is 463 g/mol. The Morgan fingerprint density at radius 2 is 1.83 bits per heavy atom. The quantitative estimate of drug-likeness (QED) is 0.322. The number of nitrogen functional groups attached to an aromatic ring is 1. The van der Waals surface area contributed by atoms with Crippen molar-refractivity contribution in [2.75, 3.05) is 10.7 Å². The van der Waals surface area contributed by atoms with Crippen LogP contribution >= 0.6 is 0 Å². The third kappa shape index (κ3) is 4.04. The predicted octanol–water partition coefficient (Wildman–Crippen LogP) is 2.84. The Kier molecular flexibility index (Phi) is 6.12. The minimum Gasteiger partial charge on any atom is -0.397 e. The van der Waals surface area contributed by atoms with Gasteiger partial charge in [0.15, 0.2) is 17.3 Å². The Bertz CT molecular complexity index is 1470. The van der Waals surface area contributed by atoms with Crippen LogP contribution in [-0.2, 0) is 12.2 Å². The number of hydrogen-bond acceptors (Lipinski definition) is 7. The summed E-state index contributed by atoms with van der Waals surface area (Å²) in [6.07, 6.45) is 3.65. The van der Waals surface area contributed by atoms with Crippen molar-refractivity contribution in [2.45, 2.75) is 44.8 Å². The molecular formula is C23H22F3N7O2. The summed E-state index contributed by atoms with van der Waals surface area (Å²) in [5, 5.41) is 10.1. The fourth-order valence-corrected chi connectivity index (χ4v) is 4.47. The first kappa shape index (κ1) is 24.0. The highest BCUT2D eigenvalue weighted by Gasteiger charge is 2.43. The van der Waals surface area contributed by atoms with E-state index in [1.54, 1.807) is 6.92 Å². The second-order valence-electron chi connectivity index (χ2n) is 8.45. The lowest BCUT2D eigenvalue weighted by molar-refractivity contribution is 0.160. The molecule has 2 heterocycles. The van der Waals surface area contributed by atoms with Gasteiger partial charge < -0.3 is 5.73 Å². The SMILES string of the molecule is Cc1cncc(-n2c(=O)c(N(N)c3cc(F)c(F)cc3N)c(C3(F)CCCC3)n(CC#N)c2=O)c1. The fraction of sp³-hybridized carbons (Fsp3) is 0.304. The van der Waals surface area contributed by atoms with E-state index in [0.717, 1.165) is 4.57 Å². The molecule has 12 heteroatoms. The number of aryl methyl sites for hydroxylation is 1. The predicted molar refractivity (Wildman–Crippen MR) is 123 cm³/mol. The Morgan fingerprint density at radius 3 is 2.46 bits per heavy atom. The molecule has 0 amide bonds. The minimum absolute atomic E-state index is 0.0264. The molecule has 1 aliphatic carbocycles. The molecule has 0 radical (unpaired) electrons. The van der Waals surface area contributed by atoms with Gasteiger partial charge in [-0.3, -0.25) is 19.4 Å². The average molecular weight is 485 g/mol. The maximum atomic E-state index is 16.3. The highest BCUT2D eigenvalue weighted by atomic mass is 19.2. The van der Waals surface area contributed by atoms with E-state index in [2.05, 4.69) is 4.98 Å². The molecule has 1 aliphatic rings. The Morgan fingerprint density at radius 1 is 1.17 bits per heavy atom. The summed E-state index contributed by atoms with van der Waals surface area (Å²) in [7, 11) is 0. The average Bonchev–Trinajstić information content (AvgIpc) is 3.25. The van der Waals surface area contributed by atoms with Gasteiger partial charge in [0, 0.05) is 18.3 Å². The maximum Gasteiger partial charge on any atom is 0.337 e. The van der Waals surface area contributed by atoms with Crippen LogP contribution in [0.15, 0.2) is 40.2 Å². The highest BCUT2D eigenvalue weighted by Crippen LogP contribution is 2.45. The molecule has 4 rings (SSSR count). The molecule has 35 heavy (non-hydrogen) atoms. The summed E-state index contributed by atoms with van der Waals surface area (Å²) in [6, 6.07) is 4.68. The first-order valence-electron chi connectivity index (χ1n) is 10.8. The molecule has 9 nitrogen and oxygen atoms in total. The van der Waals surface area contributed by atoms with Crippen LogP contribution in [-0.4, -0.2) is 14.1 Å². The number of hydrazine groups is 1. The van der Waals surface area contributed by atoms with Crippen molar-refractivity contribution in [3.63, 3.8) is 0 Å². The Labute approximate surface area is 197 Å². The van der Waals surface area contributed by atoms with Crippen molar-refractivity contribution >= 4 is 17.1 Å². The number of hydrogen-bond donors (Lipinski definition) is 2. The van der Waals surface area contributed by atoms with Crippen LogP contribution in [0.3, 0.4) is 0 Å². The van der Waals surface area contributed by atoms with Gasteiger partial charge in [-0.05, 0) is 44.2 Å². The summed E-state index contributed by atoms with van der Waals surface area (Å²) in [6.45, 7) is 1.10. The largest absolute Gasteiger partial charge is 0.397 e. The second kappa shape index (κ2) is 8.92. The zero-order valence-electron chi connectivity index (χ0n) is 18.8. The van der Waals surface area contributed by atoms with E-state index in [0.29, 0.717) is 40.1 Å². The van der Waals surface area contributed by atoms with Gasteiger partial charge in [-0.2, -0.15) is 5.26 Å². The molecule has 0 bridgehead atoms. The maximum absolute atomic E-state index is 16.3. The number of anilines is 3. The number of nitrogens with two attached hydrogens (primary N) is 2. The molecule has 1 saturated carbocycles. The second-order valence-corrected chi connectivity index (χ2v) is 8.45. The first-order valence-corrected chi connectivity index (χ1v) is 10.8. The van der Waals surface area contributed by atoms with Gasteiger partial charge in [0.1, 0.15) is 12.2 Å². The lowest BCUT2D eigenvalue weighted by Crippen LogP contribution is -2.47. The molecule has 182 valence electrons. The summed E-state index contributed by atoms with van der Waals surface area (Å²) in [4.78, 5) is 31.3. The van der Waals surface area contributed by atoms with Gasteiger partial charge in [0.05, 0.1) is 35.0 Å². The van der Waals surface area contributed by atoms with E-state index < -0.39 is 46.5 Å². The van der Waals surface area contributed by atoms with Crippen molar-refractivity contribution in [1.82, 2.24) is 14.1 Å². The number of nitrogens with zero attached hydrogens (tertiary/aromatic N) is 5. The van der Waals surface area contributed by atoms with Crippen LogP contribution in [0.5, 0.6) is 0 Å². The number of pyridine rings is 1. The molecule has 1 fully saturated rings. The molecule has 3 aromatic rings. The van der Waals surface area contributed by atoms with Crippen LogP contribution in [0.1, 0.15) is 36.9 Å². The van der Waals surface area contributed by atoms with E-state index >= 15 is 4.39 Å². The van der Waals surface area contributed by atoms with Crippen molar-refractivity contribution < 1.29 is 13.2 Å². The molecule has 2 aromatic heterocycles. The molecule has 0 atom stereocenters. The number of halogens is 3. The zero-order valence-corrected chi connectivity index (χ0v) is 18.8. The molecule has 0 spiro atoms.